The van der Waals surface area contributed by atoms with Crippen LogP contribution in [0.2, 0.25) is 0 Å². The molecule has 1 heterocycles. The first-order valence-electron chi connectivity index (χ1n) is 4.64. The molecular weight excluding hydrogens is 166 g/mol. The van der Waals surface area contributed by atoms with Gasteiger partial charge in [0.25, 0.3) is 0 Å². The maximum absolute atomic E-state index is 11.8. The Bertz CT molecular complexity index is 223. The van der Waals surface area contributed by atoms with Crippen LogP contribution in [0.1, 0.15) is 20.8 Å². The molecule has 0 spiro atoms. The van der Waals surface area contributed by atoms with Crippen LogP contribution >= 0.6 is 0 Å². The van der Waals surface area contributed by atoms with Gasteiger partial charge in [0, 0.05) is 18.7 Å². The van der Waals surface area contributed by atoms with Crippen LogP contribution in [0.4, 0.5) is 0 Å². The van der Waals surface area contributed by atoms with Crippen molar-refractivity contribution in [3.8, 4) is 0 Å². The van der Waals surface area contributed by atoms with E-state index in [9.17, 15) is 4.79 Å². The zero-order valence-electron chi connectivity index (χ0n) is 8.59. The summed E-state index contributed by atoms with van der Waals surface area (Å²) in [6.45, 7) is 8.60. The minimum Gasteiger partial charge on any atom is -0.378 e. The highest BCUT2D eigenvalue weighted by Crippen LogP contribution is 2.08. The van der Waals surface area contributed by atoms with Gasteiger partial charge in [-0.1, -0.05) is 5.57 Å². The molecule has 3 nitrogen and oxygen atoms in total. The van der Waals surface area contributed by atoms with Crippen LogP contribution in [0.25, 0.3) is 0 Å². The van der Waals surface area contributed by atoms with Gasteiger partial charge in [-0.25, -0.2) is 0 Å². The molecule has 0 bridgehead atoms. The average molecular weight is 183 g/mol. The first-order valence-corrected chi connectivity index (χ1v) is 4.64. The van der Waals surface area contributed by atoms with E-state index in [0.717, 1.165) is 24.2 Å². The smallest absolute Gasteiger partial charge is 0.249 e. The molecule has 1 saturated heterocycles. The lowest BCUT2D eigenvalue weighted by atomic mass is 10.1. The van der Waals surface area contributed by atoms with Crippen molar-refractivity contribution in [3.63, 3.8) is 0 Å². The van der Waals surface area contributed by atoms with E-state index in [-0.39, 0.29) is 5.91 Å². The van der Waals surface area contributed by atoms with Gasteiger partial charge in [0.1, 0.15) is 0 Å². The van der Waals surface area contributed by atoms with Crippen molar-refractivity contribution < 1.29 is 9.53 Å². The maximum Gasteiger partial charge on any atom is 0.249 e. The third-order valence-electron chi connectivity index (χ3n) is 2.37. The molecule has 0 aromatic rings. The summed E-state index contributed by atoms with van der Waals surface area (Å²) in [4.78, 5) is 13.6. The molecule has 0 aliphatic carbocycles. The van der Waals surface area contributed by atoms with Gasteiger partial charge in [-0.15, -0.1) is 0 Å². The lowest BCUT2D eigenvalue weighted by Crippen LogP contribution is -2.41. The van der Waals surface area contributed by atoms with Gasteiger partial charge in [-0.05, 0) is 20.8 Å². The number of rotatable bonds is 1. The maximum atomic E-state index is 11.8. The Labute approximate surface area is 79.4 Å². The van der Waals surface area contributed by atoms with Gasteiger partial charge >= 0.3 is 0 Å². The number of amides is 1. The standard InChI is InChI=1S/C10H17NO2/c1-8(2)9(3)10(12)11-4-6-13-7-5-11/h4-7H2,1-3H3. The minimum atomic E-state index is 0.156. The zero-order chi connectivity index (χ0) is 9.84. The number of allylic oxidation sites excluding steroid dienone is 1. The van der Waals surface area contributed by atoms with Gasteiger partial charge in [0.05, 0.1) is 13.2 Å². The molecule has 0 N–H and O–H groups in total. The predicted molar refractivity (Wildman–Crippen MR) is 51.4 cm³/mol. The summed E-state index contributed by atoms with van der Waals surface area (Å²) >= 11 is 0. The third-order valence-corrected chi connectivity index (χ3v) is 2.37. The van der Waals surface area contributed by atoms with Crippen molar-refractivity contribution in [1.82, 2.24) is 4.90 Å². The molecular formula is C10H17NO2. The Balaban J connectivity index is 2.61. The number of hydrogen-bond acceptors (Lipinski definition) is 2. The molecule has 0 aromatic heterocycles. The fraction of sp³-hybridized carbons (Fsp3) is 0.700. The van der Waals surface area contributed by atoms with Crippen molar-refractivity contribution in [2.45, 2.75) is 20.8 Å². The first-order chi connectivity index (χ1) is 6.13. The van der Waals surface area contributed by atoms with Gasteiger partial charge < -0.3 is 9.64 Å². The molecule has 1 fully saturated rings. The summed E-state index contributed by atoms with van der Waals surface area (Å²) in [6.07, 6.45) is 0. The van der Waals surface area contributed by atoms with Crippen molar-refractivity contribution in [1.29, 1.82) is 0 Å². The quantitative estimate of drug-likeness (QED) is 0.572. The second-order valence-electron chi connectivity index (χ2n) is 3.53. The van der Waals surface area contributed by atoms with Crippen molar-refractivity contribution in [3.05, 3.63) is 11.1 Å². The molecule has 0 atom stereocenters. The van der Waals surface area contributed by atoms with E-state index < -0.39 is 0 Å². The fourth-order valence-electron chi connectivity index (χ4n) is 1.22. The molecule has 3 heteroatoms. The largest absolute Gasteiger partial charge is 0.378 e. The minimum absolute atomic E-state index is 0.156. The highest BCUT2D eigenvalue weighted by molar-refractivity contribution is 5.93. The van der Waals surface area contributed by atoms with Crippen molar-refractivity contribution in [2.75, 3.05) is 26.3 Å². The lowest BCUT2D eigenvalue weighted by molar-refractivity contribution is -0.131. The summed E-state index contributed by atoms with van der Waals surface area (Å²) in [5, 5.41) is 0. The Hall–Kier alpha value is -0.830. The SMILES string of the molecule is CC(C)=C(C)C(=O)N1CCOCC1. The van der Waals surface area contributed by atoms with E-state index in [0.29, 0.717) is 13.2 Å². The van der Waals surface area contributed by atoms with Gasteiger partial charge in [0.15, 0.2) is 0 Å². The number of carbonyl (C=O) groups excluding carboxylic acids is 1. The normalized spacial score (nSPS) is 17.0. The van der Waals surface area contributed by atoms with Crippen LogP contribution in [0.15, 0.2) is 11.1 Å². The van der Waals surface area contributed by atoms with Crippen LogP contribution in [-0.4, -0.2) is 37.1 Å². The van der Waals surface area contributed by atoms with Gasteiger partial charge in [-0.3, -0.25) is 4.79 Å². The lowest BCUT2D eigenvalue weighted by Gasteiger charge is -2.27. The number of ether oxygens (including phenoxy) is 1. The number of morpholine rings is 1. The number of nitrogens with zero attached hydrogens (tertiary/aromatic N) is 1. The van der Waals surface area contributed by atoms with Crippen LogP contribution < -0.4 is 0 Å². The van der Waals surface area contributed by atoms with E-state index in [1.807, 2.05) is 25.7 Å². The molecule has 0 aromatic carbocycles. The third kappa shape index (κ3) is 2.56. The molecule has 1 aliphatic rings. The molecule has 0 radical (unpaired) electrons. The summed E-state index contributed by atoms with van der Waals surface area (Å²) in [6, 6.07) is 0. The monoisotopic (exact) mass is 183 g/mol. The van der Waals surface area contributed by atoms with E-state index >= 15 is 0 Å². The fourth-order valence-corrected chi connectivity index (χ4v) is 1.22. The van der Waals surface area contributed by atoms with Crippen LogP contribution in [0.3, 0.4) is 0 Å². The van der Waals surface area contributed by atoms with E-state index in [1.54, 1.807) is 0 Å². The van der Waals surface area contributed by atoms with Gasteiger partial charge in [0.2, 0.25) is 5.91 Å². The summed E-state index contributed by atoms with van der Waals surface area (Å²) in [7, 11) is 0. The Kier molecular flexibility index (Phi) is 3.48. The first kappa shape index (κ1) is 10.3. The second kappa shape index (κ2) is 4.42. The Morgan fingerprint density at radius 3 is 2.15 bits per heavy atom. The molecule has 13 heavy (non-hydrogen) atoms. The van der Waals surface area contributed by atoms with Gasteiger partial charge in [-0.2, -0.15) is 0 Å². The van der Waals surface area contributed by atoms with E-state index in [4.69, 9.17) is 4.74 Å². The topological polar surface area (TPSA) is 29.5 Å². The number of carbonyl (C=O) groups is 1. The van der Waals surface area contributed by atoms with Crippen LogP contribution in [-0.2, 0) is 9.53 Å². The molecule has 0 saturated carbocycles. The summed E-state index contributed by atoms with van der Waals surface area (Å²) in [5.74, 6) is 0.156. The summed E-state index contributed by atoms with van der Waals surface area (Å²) < 4.78 is 5.18. The van der Waals surface area contributed by atoms with Crippen molar-refractivity contribution in [2.24, 2.45) is 0 Å². The van der Waals surface area contributed by atoms with Crippen molar-refractivity contribution >= 4 is 5.91 Å². The highest BCUT2D eigenvalue weighted by Gasteiger charge is 2.18. The Morgan fingerprint density at radius 1 is 1.15 bits per heavy atom. The molecule has 0 unspecified atom stereocenters. The molecule has 74 valence electrons. The van der Waals surface area contributed by atoms with E-state index in [2.05, 4.69) is 0 Å². The molecule has 1 amide bonds. The zero-order valence-corrected chi connectivity index (χ0v) is 8.59. The average Bonchev–Trinajstić information content (AvgIpc) is 2.17. The Morgan fingerprint density at radius 2 is 1.69 bits per heavy atom. The molecule has 1 aliphatic heterocycles. The second-order valence-corrected chi connectivity index (χ2v) is 3.53. The van der Waals surface area contributed by atoms with E-state index in [1.165, 1.54) is 0 Å². The van der Waals surface area contributed by atoms with Crippen LogP contribution in [0.5, 0.6) is 0 Å². The highest BCUT2D eigenvalue weighted by atomic mass is 16.5. The van der Waals surface area contributed by atoms with Crippen LogP contribution in [0, 0.1) is 0 Å². The summed E-state index contributed by atoms with van der Waals surface area (Å²) in [5.41, 5.74) is 1.96. The predicted octanol–water partition coefficient (Wildman–Crippen LogP) is 1.20. The molecule has 1 rings (SSSR count). The number of hydrogen-bond donors (Lipinski definition) is 0.